The average molecular weight is 359 g/mol. The van der Waals surface area contributed by atoms with Gasteiger partial charge in [0.05, 0.1) is 19.1 Å². The summed E-state index contributed by atoms with van der Waals surface area (Å²) in [5, 5.41) is 7.78. The van der Waals surface area contributed by atoms with Crippen LogP contribution in [0.1, 0.15) is 35.9 Å². The largest absolute Gasteiger partial charge is 0.368 e. The molecule has 2 rings (SSSR count). The molecule has 0 unspecified atom stereocenters. The van der Waals surface area contributed by atoms with E-state index < -0.39 is 5.91 Å². The standard InChI is InChI=1S/C19H25N3O2S/c1-13(2)10-14-5-7-15(8-6-14)19(16-4-3-9-25-16)22-12-18(24)21-11-17(20)23/h3-9,13,19,22H,10-12H2,1-2H3,(H2,20,23)(H,21,24)/t19-/m1/s1. The minimum Gasteiger partial charge on any atom is -0.368 e. The molecule has 0 aliphatic rings. The van der Waals surface area contributed by atoms with Gasteiger partial charge >= 0.3 is 0 Å². The van der Waals surface area contributed by atoms with Crippen LogP contribution in [0.15, 0.2) is 41.8 Å². The number of hydrogen-bond acceptors (Lipinski definition) is 4. The number of thiophene rings is 1. The van der Waals surface area contributed by atoms with Crippen molar-refractivity contribution in [3.05, 3.63) is 57.8 Å². The molecule has 0 spiro atoms. The highest BCUT2D eigenvalue weighted by molar-refractivity contribution is 7.10. The van der Waals surface area contributed by atoms with Crippen LogP contribution in [0, 0.1) is 5.92 Å². The van der Waals surface area contributed by atoms with Crippen molar-refractivity contribution in [1.82, 2.24) is 10.6 Å². The lowest BCUT2D eigenvalue weighted by molar-refractivity contribution is -0.124. The summed E-state index contributed by atoms with van der Waals surface area (Å²) in [6.07, 6.45) is 1.05. The zero-order chi connectivity index (χ0) is 18.2. The molecule has 0 saturated carbocycles. The lowest BCUT2D eigenvalue weighted by Gasteiger charge is -2.18. The second-order valence-corrected chi connectivity index (χ2v) is 7.39. The van der Waals surface area contributed by atoms with Gasteiger partial charge in [-0.15, -0.1) is 11.3 Å². The first-order chi connectivity index (χ1) is 12.0. The third-order valence-electron chi connectivity index (χ3n) is 3.71. The molecule has 25 heavy (non-hydrogen) atoms. The Morgan fingerprint density at radius 3 is 2.40 bits per heavy atom. The number of nitrogens with two attached hydrogens (primary N) is 1. The van der Waals surface area contributed by atoms with Gasteiger partial charge < -0.3 is 11.1 Å². The molecule has 134 valence electrons. The summed E-state index contributed by atoms with van der Waals surface area (Å²) >= 11 is 1.64. The van der Waals surface area contributed by atoms with Crippen LogP contribution in [0.25, 0.3) is 0 Å². The minimum absolute atomic E-state index is 0.0626. The molecule has 1 atom stereocenters. The number of carbonyl (C=O) groups is 2. The van der Waals surface area contributed by atoms with E-state index in [2.05, 4.69) is 48.7 Å². The first-order valence-electron chi connectivity index (χ1n) is 8.36. The molecular weight excluding hydrogens is 334 g/mol. The van der Waals surface area contributed by atoms with E-state index in [1.54, 1.807) is 11.3 Å². The van der Waals surface area contributed by atoms with E-state index in [1.165, 1.54) is 5.56 Å². The summed E-state index contributed by atoms with van der Waals surface area (Å²) in [5.41, 5.74) is 7.46. The second kappa shape index (κ2) is 9.34. The molecule has 0 aliphatic heterocycles. The number of hydrogen-bond donors (Lipinski definition) is 3. The Hall–Kier alpha value is -2.18. The maximum Gasteiger partial charge on any atom is 0.236 e. The Balaban J connectivity index is 2.06. The number of carbonyl (C=O) groups excluding carboxylic acids is 2. The summed E-state index contributed by atoms with van der Waals surface area (Å²) in [7, 11) is 0. The van der Waals surface area contributed by atoms with Crippen molar-refractivity contribution in [2.24, 2.45) is 11.7 Å². The van der Waals surface area contributed by atoms with E-state index in [0.717, 1.165) is 16.9 Å². The molecule has 0 fully saturated rings. The van der Waals surface area contributed by atoms with E-state index in [4.69, 9.17) is 5.73 Å². The Bertz CT molecular complexity index is 681. The number of nitrogens with one attached hydrogen (secondary N) is 2. The molecule has 0 bridgehead atoms. The summed E-state index contributed by atoms with van der Waals surface area (Å²) in [5.74, 6) is -0.188. The van der Waals surface area contributed by atoms with Gasteiger partial charge in [-0.05, 0) is 34.9 Å². The number of rotatable bonds is 9. The van der Waals surface area contributed by atoms with Crippen LogP contribution < -0.4 is 16.4 Å². The normalized spacial score (nSPS) is 12.1. The fourth-order valence-corrected chi connectivity index (χ4v) is 3.43. The van der Waals surface area contributed by atoms with Crippen molar-refractivity contribution >= 4 is 23.2 Å². The lowest BCUT2D eigenvalue weighted by atomic mass is 9.99. The van der Waals surface area contributed by atoms with Crippen LogP contribution in [0.5, 0.6) is 0 Å². The minimum atomic E-state index is -0.552. The monoisotopic (exact) mass is 359 g/mol. The second-order valence-electron chi connectivity index (χ2n) is 6.41. The van der Waals surface area contributed by atoms with Gasteiger partial charge in [-0.1, -0.05) is 44.2 Å². The van der Waals surface area contributed by atoms with Gasteiger partial charge in [0, 0.05) is 4.88 Å². The van der Waals surface area contributed by atoms with Gasteiger partial charge in [-0.2, -0.15) is 0 Å². The van der Waals surface area contributed by atoms with Crippen molar-refractivity contribution in [1.29, 1.82) is 0 Å². The van der Waals surface area contributed by atoms with Gasteiger partial charge in [0.25, 0.3) is 0 Å². The van der Waals surface area contributed by atoms with Crippen molar-refractivity contribution in [2.75, 3.05) is 13.1 Å². The zero-order valence-corrected chi connectivity index (χ0v) is 15.4. The third-order valence-corrected chi connectivity index (χ3v) is 4.65. The quantitative estimate of drug-likeness (QED) is 0.642. The first kappa shape index (κ1) is 19.1. The average Bonchev–Trinajstić information content (AvgIpc) is 3.08. The molecule has 2 aromatic rings. The van der Waals surface area contributed by atoms with E-state index >= 15 is 0 Å². The molecule has 0 aliphatic carbocycles. The predicted molar refractivity (Wildman–Crippen MR) is 101 cm³/mol. The first-order valence-corrected chi connectivity index (χ1v) is 9.24. The molecule has 1 aromatic carbocycles. The van der Waals surface area contributed by atoms with Crippen molar-refractivity contribution < 1.29 is 9.59 Å². The molecule has 4 N–H and O–H groups in total. The molecule has 2 amide bonds. The van der Waals surface area contributed by atoms with Gasteiger partial charge in [-0.25, -0.2) is 0 Å². The SMILES string of the molecule is CC(C)Cc1ccc([C@@H](NCC(=O)NCC(N)=O)c2cccs2)cc1. The van der Waals surface area contributed by atoms with Crippen LogP contribution in [0.2, 0.25) is 0 Å². The van der Waals surface area contributed by atoms with E-state index in [9.17, 15) is 9.59 Å². The summed E-state index contributed by atoms with van der Waals surface area (Å²) in [6, 6.07) is 12.5. The summed E-state index contributed by atoms with van der Waals surface area (Å²) < 4.78 is 0. The van der Waals surface area contributed by atoms with Crippen molar-refractivity contribution in [2.45, 2.75) is 26.3 Å². The maximum absolute atomic E-state index is 11.9. The van der Waals surface area contributed by atoms with Crippen molar-refractivity contribution in [3.63, 3.8) is 0 Å². The predicted octanol–water partition coefficient (Wildman–Crippen LogP) is 2.23. The zero-order valence-electron chi connectivity index (χ0n) is 14.6. The highest BCUT2D eigenvalue weighted by atomic mass is 32.1. The topological polar surface area (TPSA) is 84.2 Å². The Labute approximate surface area is 152 Å². The Morgan fingerprint density at radius 2 is 1.84 bits per heavy atom. The lowest BCUT2D eigenvalue weighted by Crippen LogP contribution is -2.39. The van der Waals surface area contributed by atoms with Crippen molar-refractivity contribution in [3.8, 4) is 0 Å². The van der Waals surface area contributed by atoms with Gasteiger partial charge in [0.1, 0.15) is 0 Å². The molecule has 0 radical (unpaired) electrons. The fourth-order valence-electron chi connectivity index (χ4n) is 2.60. The Morgan fingerprint density at radius 1 is 1.12 bits per heavy atom. The molecule has 5 nitrogen and oxygen atoms in total. The molecular formula is C19H25N3O2S. The fraction of sp³-hybridized carbons (Fsp3) is 0.368. The van der Waals surface area contributed by atoms with Gasteiger partial charge in [-0.3, -0.25) is 14.9 Å². The smallest absolute Gasteiger partial charge is 0.236 e. The molecule has 1 heterocycles. The van der Waals surface area contributed by atoms with Crippen LogP contribution >= 0.6 is 11.3 Å². The maximum atomic E-state index is 11.9. The summed E-state index contributed by atoms with van der Waals surface area (Å²) in [6.45, 7) is 4.38. The highest BCUT2D eigenvalue weighted by Gasteiger charge is 2.16. The van der Waals surface area contributed by atoms with Gasteiger partial charge in [0.2, 0.25) is 11.8 Å². The van der Waals surface area contributed by atoms with E-state index in [0.29, 0.717) is 5.92 Å². The van der Waals surface area contributed by atoms with E-state index in [1.807, 2.05) is 17.5 Å². The number of primary amides is 1. The Kier molecular flexibility index (Phi) is 7.16. The molecule has 6 heteroatoms. The number of benzene rings is 1. The van der Waals surface area contributed by atoms with Gasteiger partial charge in [0.15, 0.2) is 0 Å². The molecule has 1 aromatic heterocycles. The van der Waals surface area contributed by atoms with Crippen LogP contribution in [-0.2, 0) is 16.0 Å². The van der Waals surface area contributed by atoms with Crippen LogP contribution in [-0.4, -0.2) is 24.9 Å². The van der Waals surface area contributed by atoms with Crippen LogP contribution in [0.4, 0.5) is 0 Å². The number of amides is 2. The van der Waals surface area contributed by atoms with Crippen LogP contribution in [0.3, 0.4) is 0 Å². The van der Waals surface area contributed by atoms with E-state index in [-0.39, 0.29) is 25.0 Å². The third kappa shape index (κ3) is 6.32. The molecule has 0 saturated heterocycles. The summed E-state index contributed by atoms with van der Waals surface area (Å²) in [4.78, 5) is 23.7. The highest BCUT2D eigenvalue weighted by Crippen LogP contribution is 2.26.